The summed E-state index contributed by atoms with van der Waals surface area (Å²) in [5.74, 6) is 0.326. The second-order valence-electron chi connectivity index (χ2n) is 10.1. The number of nitrogens with zero attached hydrogens (tertiary/aromatic N) is 1. The van der Waals surface area contributed by atoms with Crippen LogP contribution in [0.5, 0.6) is 5.75 Å². The first-order valence-electron chi connectivity index (χ1n) is 10.8. The molecule has 164 valence electrons. The molecule has 0 radical (unpaired) electrons. The first kappa shape index (κ1) is 21.6. The number of halogens is 1. The Balaban J connectivity index is 0.00000218. The Labute approximate surface area is 183 Å². The molecule has 0 spiro atoms. The number of primary amides is 1. The highest BCUT2D eigenvalue weighted by Gasteiger charge is 2.71. The van der Waals surface area contributed by atoms with Gasteiger partial charge in [0.05, 0.1) is 25.7 Å². The van der Waals surface area contributed by atoms with Crippen molar-refractivity contribution < 1.29 is 36.3 Å². The molecule has 6 nitrogen and oxygen atoms in total. The molecule has 2 saturated carbocycles. The third-order valence-corrected chi connectivity index (χ3v) is 8.58. The van der Waals surface area contributed by atoms with Crippen LogP contribution in [0.25, 0.3) is 0 Å². The molecular formula is C23H31ClN2O4. The molecule has 4 aliphatic rings. The Morgan fingerprint density at radius 1 is 1.33 bits per heavy atom. The summed E-state index contributed by atoms with van der Waals surface area (Å²) < 4.78 is 7.37. The normalized spacial score (nSPS) is 37.0. The summed E-state index contributed by atoms with van der Waals surface area (Å²) in [4.78, 5) is 24.7. The summed E-state index contributed by atoms with van der Waals surface area (Å²) >= 11 is 0. The van der Waals surface area contributed by atoms with Crippen LogP contribution in [0, 0.1) is 5.92 Å². The van der Waals surface area contributed by atoms with Gasteiger partial charge in [0.15, 0.2) is 0 Å². The van der Waals surface area contributed by atoms with Crippen molar-refractivity contribution in [3.05, 3.63) is 28.8 Å². The lowest BCUT2D eigenvalue weighted by atomic mass is 9.48. The fourth-order valence-corrected chi connectivity index (χ4v) is 7.13. The van der Waals surface area contributed by atoms with E-state index < -0.39 is 16.9 Å². The monoisotopic (exact) mass is 434 g/mol. The van der Waals surface area contributed by atoms with Crippen LogP contribution in [0.2, 0.25) is 0 Å². The smallest absolute Gasteiger partial charge is 0.252 e. The van der Waals surface area contributed by atoms with E-state index in [1.807, 2.05) is 6.07 Å². The predicted octanol–water partition coefficient (Wildman–Crippen LogP) is -0.944. The maximum atomic E-state index is 12.7. The SMILES string of the molecule is CO[C@@]12CCC(=O)CC13CC[N@@+](C)(CC1CC1)C2Cc1ccc(C(N)=O)c(O)c13.[Cl-]. The number of likely N-dealkylation sites (N-methyl/N-ethyl adjacent to an activating group) is 1. The number of ether oxygens (including phenoxy) is 1. The van der Waals surface area contributed by atoms with E-state index in [4.69, 9.17) is 10.5 Å². The number of quaternary nitrogens is 1. The first-order valence-corrected chi connectivity index (χ1v) is 10.8. The topological polar surface area (TPSA) is 89.6 Å². The third kappa shape index (κ3) is 2.69. The number of rotatable bonds is 4. The Morgan fingerprint density at radius 3 is 2.70 bits per heavy atom. The van der Waals surface area contributed by atoms with Crippen LogP contribution in [-0.2, 0) is 21.4 Å². The zero-order chi connectivity index (χ0) is 20.6. The number of carbonyl (C=O) groups excluding carboxylic acids is 2. The lowest BCUT2D eigenvalue weighted by molar-refractivity contribution is -0.950. The molecule has 1 saturated heterocycles. The number of amides is 1. The van der Waals surface area contributed by atoms with E-state index in [1.54, 1.807) is 13.2 Å². The van der Waals surface area contributed by atoms with Gasteiger partial charge in [-0.3, -0.25) is 9.59 Å². The number of hydrogen-bond acceptors (Lipinski definition) is 4. The van der Waals surface area contributed by atoms with E-state index in [1.165, 1.54) is 12.8 Å². The summed E-state index contributed by atoms with van der Waals surface area (Å²) in [6, 6.07) is 3.81. The molecule has 2 unspecified atom stereocenters. The Kier molecular flexibility index (Phi) is 5.00. The minimum atomic E-state index is -0.640. The molecule has 5 rings (SSSR count). The van der Waals surface area contributed by atoms with Crippen LogP contribution in [0.3, 0.4) is 0 Å². The van der Waals surface area contributed by atoms with Crippen molar-refractivity contribution in [1.82, 2.24) is 0 Å². The van der Waals surface area contributed by atoms with E-state index in [9.17, 15) is 14.7 Å². The number of ketones is 1. The molecule has 1 aromatic carbocycles. The lowest BCUT2D eigenvalue weighted by Crippen LogP contribution is -3.00. The van der Waals surface area contributed by atoms with Gasteiger partial charge < -0.3 is 32.5 Å². The largest absolute Gasteiger partial charge is 1.00 e. The van der Waals surface area contributed by atoms with Crippen molar-refractivity contribution in [3.8, 4) is 5.75 Å². The number of hydrogen-bond donors (Lipinski definition) is 2. The Bertz CT molecular complexity index is 917. The molecular weight excluding hydrogens is 404 g/mol. The number of aromatic hydroxyl groups is 1. The first-order chi connectivity index (χ1) is 13.8. The quantitative estimate of drug-likeness (QED) is 0.598. The van der Waals surface area contributed by atoms with Gasteiger partial charge >= 0.3 is 0 Å². The number of nitrogens with two attached hydrogens (primary N) is 1. The highest BCUT2D eigenvalue weighted by Crippen LogP contribution is 2.62. The summed E-state index contributed by atoms with van der Waals surface area (Å²) in [6.07, 6.45) is 5.73. The van der Waals surface area contributed by atoms with Gasteiger partial charge in [-0.1, -0.05) is 6.07 Å². The van der Waals surface area contributed by atoms with Crippen LogP contribution < -0.4 is 18.1 Å². The van der Waals surface area contributed by atoms with E-state index in [2.05, 4.69) is 7.05 Å². The maximum Gasteiger partial charge on any atom is 0.252 e. The van der Waals surface area contributed by atoms with Crippen molar-refractivity contribution in [2.45, 2.75) is 62.0 Å². The Morgan fingerprint density at radius 2 is 2.07 bits per heavy atom. The zero-order valence-electron chi connectivity index (χ0n) is 17.7. The van der Waals surface area contributed by atoms with Crippen LogP contribution in [0.15, 0.2) is 12.1 Å². The molecule has 3 N–H and O–H groups in total. The maximum absolute atomic E-state index is 12.7. The van der Waals surface area contributed by atoms with Crippen molar-refractivity contribution in [3.63, 3.8) is 0 Å². The van der Waals surface area contributed by atoms with Gasteiger partial charge in [0.2, 0.25) is 0 Å². The van der Waals surface area contributed by atoms with Crippen LogP contribution in [-0.4, -0.2) is 60.2 Å². The van der Waals surface area contributed by atoms with Crippen molar-refractivity contribution in [1.29, 1.82) is 0 Å². The van der Waals surface area contributed by atoms with Gasteiger partial charge in [0.25, 0.3) is 5.91 Å². The van der Waals surface area contributed by atoms with E-state index in [0.29, 0.717) is 19.3 Å². The minimum Gasteiger partial charge on any atom is -1.00 e. The molecule has 4 atom stereocenters. The van der Waals surface area contributed by atoms with Crippen LogP contribution in [0.1, 0.15) is 60.0 Å². The standard InChI is InChI=1S/C23H30N2O4.ClH/c1-25(13-14-3-4-14)10-9-22-12-16(26)7-8-23(22,29-2)18(25)11-15-5-6-17(21(24)28)20(27)19(15)22;/h5-6,14,18H,3-4,7-13H2,1-2H3,(H2-,24,27,28);1H/t18?,22?,23-,25+;/m1./s1. The number of Topliss-reactive ketones (excluding diaryl/α,β-unsaturated/α-hetero) is 1. The number of likely N-dealkylation sites (tertiary alicyclic amines) is 1. The van der Waals surface area contributed by atoms with E-state index >= 15 is 0 Å². The number of phenols is 1. The molecule has 1 aliphatic heterocycles. The van der Waals surface area contributed by atoms with E-state index in [0.717, 1.165) is 47.5 Å². The van der Waals surface area contributed by atoms with E-state index in [-0.39, 0.29) is 35.5 Å². The summed E-state index contributed by atoms with van der Waals surface area (Å²) in [7, 11) is 4.12. The average molecular weight is 435 g/mol. The van der Waals surface area contributed by atoms with Crippen molar-refractivity contribution in [2.75, 3.05) is 27.2 Å². The summed E-state index contributed by atoms with van der Waals surface area (Å²) in [5.41, 5.74) is 6.37. The number of methoxy groups -OCH3 is 1. The zero-order valence-corrected chi connectivity index (χ0v) is 18.5. The molecule has 30 heavy (non-hydrogen) atoms. The molecule has 2 bridgehead atoms. The summed E-state index contributed by atoms with van der Waals surface area (Å²) in [6.45, 7) is 2.11. The highest BCUT2D eigenvalue weighted by molar-refractivity contribution is 5.96. The van der Waals surface area contributed by atoms with Crippen LogP contribution >= 0.6 is 0 Å². The average Bonchev–Trinajstić information content (AvgIpc) is 3.48. The molecule has 0 aromatic heterocycles. The number of benzene rings is 1. The van der Waals surface area contributed by atoms with Gasteiger partial charge in [-0.2, -0.15) is 0 Å². The number of piperidine rings is 1. The summed E-state index contributed by atoms with van der Waals surface area (Å²) in [5, 5.41) is 11.2. The molecule has 3 aliphatic carbocycles. The second kappa shape index (κ2) is 6.94. The predicted molar refractivity (Wildman–Crippen MR) is 108 cm³/mol. The van der Waals surface area contributed by atoms with Gasteiger partial charge in [-0.25, -0.2) is 0 Å². The number of carbonyl (C=O) groups is 2. The minimum absolute atomic E-state index is 0. The molecule has 1 heterocycles. The fourth-order valence-electron chi connectivity index (χ4n) is 7.13. The fraction of sp³-hybridized carbons (Fsp3) is 0.652. The highest BCUT2D eigenvalue weighted by atomic mass is 35.5. The van der Waals surface area contributed by atoms with Crippen molar-refractivity contribution >= 4 is 11.7 Å². The van der Waals surface area contributed by atoms with Gasteiger partial charge in [0, 0.05) is 49.7 Å². The Hall–Kier alpha value is -1.63. The molecule has 3 fully saturated rings. The number of fused-ring (bicyclic) bond motifs is 1. The molecule has 1 aromatic rings. The molecule has 1 amide bonds. The van der Waals surface area contributed by atoms with Crippen LogP contribution in [0.4, 0.5) is 0 Å². The second-order valence-corrected chi connectivity index (χ2v) is 10.1. The van der Waals surface area contributed by atoms with Gasteiger partial charge in [0.1, 0.15) is 23.2 Å². The van der Waals surface area contributed by atoms with Gasteiger partial charge in [-0.15, -0.1) is 0 Å². The third-order valence-electron chi connectivity index (χ3n) is 8.58. The molecule has 7 heteroatoms. The van der Waals surface area contributed by atoms with Crippen molar-refractivity contribution in [2.24, 2.45) is 11.7 Å². The lowest BCUT2D eigenvalue weighted by Gasteiger charge is -2.66. The van der Waals surface area contributed by atoms with Gasteiger partial charge in [-0.05, 0) is 30.9 Å².